The fourth-order valence-electron chi connectivity index (χ4n) is 3.70. The monoisotopic (exact) mass is 384 g/mol. The lowest BCUT2D eigenvalue weighted by molar-refractivity contribution is -0.168. The topological polar surface area (TPSA) is 84.5 Å². The van der Waals surface area contributed by atoms with Crippen LogP contribution in [0, 0.1) is 10.8 Å². The van der Waals surface area contributed by atoms with Gasteiger partial charge in [0.15, 0.2) is 5.60 Å². The van der Waals surface area contributed by atoms with Crippen LogP contribution in [-0.4, -0.2) is 23.4 Å². The molecule has 2 unspecified atom stereocenters. The predicted octanol–water partition coefficient (Wildman–Crippen LogP) is 2.88. The minimum Gasteiger partial charge on any atom is -0.448 e. The zero-order chi connectivity index (χ0) is 18.6. The average Bonchev–Trinajstić information content (AvgIpc) is 2.82. The van der Waals surface area contributed by atoms with E-state index in [1.54, 1.807) is 0 Å². The average molecular weight is 385 g/mol. The number of nitrogens with one attached hydrogen (secondary N) is 2. The number of halogens is 2. The molecule has 2 amide bonds. The van der Waals surface area contributed by atoms with Crippen molar-refractivity contribution in [2.24, 2.45) is 10.8 Å². The molecule has 1 aromatic carbocycles. The lowest BCUT2D eigenvalue weighted by Crippen LogP contribution is -2.57. The number of rotatable bonds is 2. The number of benzene rings is 1. The summed E-state index contributed by atoms with van der Waals surface area (Å²) in [6, 6.07) is 4.41. The molecule has 1 saturated heterocycles. The van der Waals surface area contributed by atoms with E-state index in [1.807, 2.05) is 20.8 Å². The van der Waals surface area contributed by atoms with E-state index in [0.29, 0.717) is 17.9 Å². The van der Waals surface area contributed by atoms with Gasteiger partial charge in [-0.15, -0.1) is 0 Å². The van der Waals surface area contributed by atoms with Crippen molar-refractivity contribution < 1.29 is 19.1 Å². The lowest BCUT2D eigenvalue weighted by Gasteiger charge is -2.35. The number of ether oxygens (including phenoxy) is 1. The van der Waals surface area contributed by atoms with Gasteiger partial charge in [-0.1, -0.05) is 37.0 Å². The Labute approximate surface area is 155 Å². The van der Waals surface area contributed by atoms with Crippen LogP contribution in [0.5, 0.6) is 0 Å². The van der Waals surface area contributed by atoms with Gasteiger partial charge in [0.1, 0.15) is 0 Å². The molecule has 0 radical (unpaired) electrons. The molecule has 2 N–H and O–H groups in total. The Morgan fingerprint density at radius 1 is 1.12 bits per heavy atom. The summed E-state index contributed by atoms with van der Waals surface area (Å²) >= 11 is 11.8. The molecule has 1 aromatic rings. The van der Waals surface area contributed by atoms with Gasteiger partial charge < -0.3 is 4.74 Å². The van der Waals surface area contributed by atoms with Crippen molar-refractivity contribution >= 4 is 41.0 Å². The van der Waals surface area contributed by atoms with Crippen molar-refractivity contribution in [1.29, 1.82) is 0 Å². The molecule has 0 spiro atoms. The third-order valence-corrected chi connectivity index (χ3v) is 6.46. The van der Waals surface area contributed by atoms with Gasteiger partial charge in [0.2, 0.25) is 0 Å². The second kappa shape index (κ2) is 5.61. The van der Waals surface area contributed by atoms with E-state index in [0.717, 1.165) is 0 Å². The van der Waals surface area contributed by atoms with Crippen LogP contribution in [0.15, 0.2) is 18.2 Å². The Bertz CT molecular complexity index is 795. The van der Waals surface area contributed by atoms with Gasteiger partial charge >= 0.3 is 5.97 Å². The van der Waals surface area contributed by atoms with Crippen LogP contribution in [-0.2, 0) is 14.3 Å². The van der Waals surface area contributed by atoms with E-state index in [9.17, 15) is 14.4 Å². The quantitative estimate of drug-likeness (QED) is 0.606. The van der Waals surface area contributed by atoms with Crippen LogP contribution >= 0.6 is 23.2 Å². The summed E-state index contributed by atoms with van der Waals surface area (Å²) in [5.74, 6) is -1.52. The van der Waals surface area contributed by atoms with Crippen molar-refractivity contribution in [1.82, 2.24) is 10.9 Å². The van der Waals surface area contributed by atoms with Gasteiger partial charge in [0.05, 0.1) is 16.0 Å². The number of carbonyl (C=O) groups excluding carboxylic acids is 3. The highest BCUT2D eigenvalue weighted by molar-refractivity contribution is 6.36. The number of hydrogen-bond donors (Lipinski definition) is 2. The summed E-state index contributed by atoms with van der Waals surface area (Å²) in [4.78, 5) is 37.2. The zero-order valence-electron chi connectivity index (χ0n) is 14.0. The molecule has 1 heterocycles. The third-order valence-electron chi connectivity index (χ3n) is 5.92. The Morgan fingerprint density at radius 3 is 2.32 bits per heavy atom. The summed E-state index contributed by atoms with van der Waals surface area (Å²) in [6.07, 6.45) is 0.967. The molecule has 134 valence electrons. The van der Waals surface area contributed by atoms with Gasteiger partial charge in [0, 0.05) is 10.4 Å². The highest BCUT2D eigenvalue weighted by Gasteiger charge is 2.75. The number of hydrogen-bond acceptors (Lipinski definition) is 4. The third kappa shape index (κ3) is 2.34. The van der Waals surface area contributed by atoms with Gasteiger partial charge in [-0.2, -0.15) is 0 Å². The molecule has 3 rings (SSSR count). The first kappa shape index (κ1) is 18.0. The van der Waals surface area contributed by atoms with E-state index in [1.165, 1.54) is 18.2 Å². The van der Waals surface area contributed by atoms with Crippen molar-refractivity contribution in [2.45, 2.75) is 39.2 Å². The normalized spacial score (nSPS) is 29.2. The minimum absolute atomic E-state index is 0.165. The van der Waals surface area contributed by atoms with E-state index in [2.05, 4.69) is 10.9 Å². The molecule has 1 saturated carbocycles. The van der Waals surface area contributed by atoms with Crippen molar-refractivity contribution in [2.75, 3.05) is 0 Å². The molecule has 6 nitrogen and oxygen atoms in total. The molecule has 2 bridgehead atoms. The van der Waals surface area contributed by atoms with Crippen molar-refractivity contribution in [3.8, 4) is 0 Å². The number of hydrazine groups is 1. The number of amides is 2. The number of carbonyl (C=O) groups is 3. The molecular weight excluding hydrogens is 367 g/mol. The SMILES string of the molecule is CC12CCC(C(=O)NNC(=O)c3ccc(Cl)cc3Cl)(OC1=O)C2(C)C. The molecule has 1 aliphatic carbocycles. The standard InChI is InChI=1S/C17H18Cl2N2O4/c1-15(2)16(3)6-7-17(15,25-14(16)24)13(23)21-20-12(22)10-5-4-9(18)8-11(10)19/h4-5,8H,6-7H2,1-3H3,(H,20,22)(H,21,23). The van der Waals surface area contributed by atoms with Crippen molar-refractivity contribution in [3.05, 3.63) is 33.8 Å². The van der Waals surface area contributed by atoms with Crippen LogP contribution in [0.2, 0.25) is 10.0 Å². The molecule has 2 aliphatic rings. The van der Waals surface area contributed by atoms with Crippen LogP contribution in [0.3, 0.4) is 0 Å². The fraction of sp³-hybridized carbons (Fsp3) is 0.471. The maximum absolute atomic E-state index is 12.7. The highest BCUT2D eigenvalue weighted by Crippen LogP contribution is 2.65. The van der Waals surface area contributed by atoms with Crippen LogP contribution in [0.4, 0.5) is 0 Å². The first-order chi connectivity index (χ1) is 11.5. The summed E-state index contributed by atoms with van der Waals surface area (Å²) in [7, 11) is 0. The lowest BCUT2D eigenvalue weighted by atomic mass is 9.66. The van der Waals surface area contributed by atoms with Crippen molar-refractivity contribution in [3.63, 3.8) is 0 Å². The number of fused-ring (bicyclic) bond motifs is 2. The second-order valence-corrected chi connectivity index (χ2v) is 8.05. The first-order valence-corrected chi connectivity index (χ1v) is 8.60. The molecule has 0 aromatic heterocycles. The fourth-order valence-corrected chi connectivity index (χ4v) is 4.20. The molecule has 8 heteroatoms. The number of esters is 1. The summed E-state index contributed by atoms with van der Waals surface area (Å²) in [6.45, 7) is 5.48. The van der Waals surface area contributed by atoms with Crippen LogP contribution in [0.25, 0.3) is 0 Å². The van der Waals surface area contributed by atoms with E-state index in [4.69, 9.17) is 27.9 Å². The van der Waals surface area contributed by atoms with Crippen LogP contribution in [0.1, 0.15) is 44.0 Å². The largest absolute Gasteiger partial charge is 0.448 e. The van der Waals surface area contributed by atoms with E-state index < -0.39 is 28.2 Å². The maximum Gasteiger partial charge on any atom is 0.313 e. The predicted molar refractivity (Wildman–Crippen MR) is 92.0 cm³/mol. The van der Waals surface area contributed by atoms with Gasteiger partial charge in [-0.05, 0) is 38.0 Å². The van der Waals surface area contributed by atoms with Gasteiger partial charge in [-0.3, -0.25) is 25.2 Å². The summed E-state index contributed by atoms with van der Waals surface area (Å²) in [5, 5.41) is 0.563. The molecular formula is C17H18Cl2N2O4. The van der Waals surface area contributed by atoms with E-state index in [-0.39, 0.29) is 16.6 Å². The van der Waals surface area contributed by atoms with Crippen LogP contribution < -0.4 is 10.9 Å². The Balaban J connectivity index is 1.75. The zero-order valence-corrected chi connectivity index (χ0v) is 15.5. The second-order valence-electron chi connectivity index (χ2n) is 7.21. The smallest absolute Gasteiger partial charge is 0.313 e. The molecule has 2 atom stereocenters. The first-order valence-electron chi connectivity index (χ1n) is 7.84. The minimum atomic E-state index is -1.30. The molecule has 2 fully saturated rings. The maximum atomic E-state index is 12.7. The van der Waals surface area contributed by atoms with Gasteiger partial charge in [0.25, 0.3) is 11.8 Å². The molecule has 25 heavy (non-hydrogen) atoms. The highest BCUT2D eigenvalue weighted by atomic mass is 35.5. The Hall–Kier alpha value is -1.79. The summed E-state index contributed by atoms with van der Waals surface area (Å²) in [5.41, 5.74) is 2.16. The Kier molecular flexibility index (Phi) is 4.04. The van der Waals surface area contributed by atoms with E-state index >= 15 is 0 Å². The summed E-state index contributed by atoms with van der Waals surface area (Å²) < 4.78 is 5.46. The van der Waals surface area contributed by atoms with Gasteiger partial charge in [-0.25, -0.2) is 0 Å². The Morgan fingerprint density at radius 2 is 1.80 bits per heavy atom. The molecule has 1 aliphatic heterocycles.